The van der Waals surface area contributed by atoms with E-state index in [9.17, 15) is 18.0 Å². The second-order valence-electron chi connectivity index (χ2n) is 5.46. The zero-order chi connectivity index (χ0) is 18.2. The van der Waals surface area contributed by atoms with Gasteiger partial charge in [0.1, 0.15) is 5.84 Å². The van der Waals surface area contributed by atoms with Gasteiger partial charge in [0, 0.05) is 12.7 Å². The maximum atomic E-state index is 12.3. The Morgan fingerprint density at radius 1 is 1.44 bits per heavy atom. The molecule has 3 rings (SSSR count). The summed E-state index contributed by atoms with van der Waals surface area (Å²) in [5.74, 6) is -0.804. The molecule has 25 heavy (non-hydrogen) atoms. The molecule has 2 aliphatic rings. The molecule has 3 amide bonds. The second kappa shape index (κ2) is 6.34. The molecule has 3 heterocycles. The molecule has 0 aromatic carbocycles. The number of urea groups is 1. The molecule has 0 spiro atoms. The molecule has 12 nitrogen and oxygen atoms in total. The first kappa shape index (κ1) is 17.2. The summed E-state index contributed by atoms with van der Waals surface area (Å²) in [4.78, 5) is 29.3. The first-order valence-corrected chi connectivity index (χ1v) is 8.55. The molecule has 0 saturated carbocycles. The van der Waals surface area contributed by atoms with E-state index in [2.05, 4.69) is 19.5 Å². The van der Waals surface area contributed by atoms with Gasteiger partial charge < -0.3 is 10.6 Å². The summed E-state index contributed by atoms with van der Waals surface area (Å²) in [5.41, 5.74) is 5.87. The third-order valence-corrected chi connectivity index (χ3v) is 4.21. The summed E-state index contributed by atoms with van der Waals surface area (Å²) >= 11 is 0. The van der Waals surface area contributed by atoms with Crippen LogP contribution < -0.4 is 5.73 Å². The Labute approximate surface area is 142 Å². The summed E-state index contributed by atoms with van der Waals surface area (Å²) in [6.07, 6.45) is 2.11. The number of hydroxylamine groups is 2. The van der Waals surface area contributed by atoms with E-state index in [1.54, 1.807) is 0 Å². The number of hydrogen-bond acceptors (Lipinski definition) is 7. The van der Waals surface area contributed by atoms with E-state index in [1.165, 1.54) is 23.2 Å². The molecular weight excluding hydrogens is 356 g/mol. The number of carbonyl (C=O) groups excluding carboxylic acids is 2. The fourth-order valence-corrected chi connectivity index (χ4v) is 3.19. The van der Waals surface area contributed by atoms with Crippen LogP contribution in [0.5, 0.6) is 0 Å². The lowest BCUT2D eigenvalue weighted by Gasteiger charge is -2.29. The first-order valence-electron chi connectivity index (χ1n) is 7.19. The standard InChI is InChI=1S/C12H14N6O6S/c13-10(15-11(19)8-2-1-5-14-16-8)9-4-3-7-6-17(9)12(20)18(7)24-25(21,22)23/h1-2,5,7,9H,3-4,6H2,(H2,13,15,19)(H,21,22,23). The van der Waals surface area contributed by atoms with Crippen molar-refractivity contribution in [2.24, 2.45) is 10.7 Å². The maximum absolute atomic E-state index is 12.3. The van der Waals surface area contributed by atoms with Crippen LogP contribution in [0.4, 0.5) is 4.79 Å². The number of rotatable bonds is 4. The molecular formula is C12H14N6O6S. The zero-order valence-corrected chi connectivity index (χ0v) is 13.5. The summed E-state index contributed by atoms with van der Waals surface area (Å²) in [7, 11) is -4.82. The van der Waals surface area contributed by atoms with Gasteiger partial charge in [-0.15, -0.1) is 9.38 Å². The number of hydrogen-bond donors (Lipinski definition) is 2. The Morgan fingerprint density at radius 3 is 2.84 bits per heavy atom. The molecule has 3 N–H and O–H groups in total. The third-order valence-electron chi connectivity index (χ3n) is 3.86. The molecule has 1 aromatic rings. The highest BCUT2D eigenvalue weighted by Crippen LogP contribution is 2.30. The van der Waals surface area contributed by atoms with Crippen molar-refractivity contribution in [2.75, 3.05) is 6.54 Å². The van der Waals surface area contributed by atoms with Crippen molar-refractivity contribution < 1.29 is 26.8 Å². The number of nitrogens with two attached hydrogens (primary N) is 1. The minimum absolute atomic E-state index is 0.00298. The molecule has 2 bridgehead atoms. The van der Waals surface area contributed by atoms with Crippen LogP contribution in [0, 0.1) is 0 Å². The predicted octanol–water partition coefficient (Wildman–Crippen LogP) is -1.02. The summed E-state index contributed by atoms with van der Waals surface area (Å²) in [5, 5.41) is 7.79. The molecule has 2 atom stereocenters. The van der Waals surface area contributed by atoms with Crippen LogP contribution >= 0.6 is 0 Å². The van der Waals surface area contributed by atoms with E-state index in [0.29, 0.717) is 17.9 Å². The lowest BCUT2D eigenvalue weighted by molar-refractivity contribution is -0.0316. The molecule has 2 aliphatic heterocycles. The van der Waals surface area contributed by atoms with E-state index in [1.807, 2.05) is 0 Å². The predicted molar refractivity (Wildman–Crippen MR) is 81.4 cm³/mol. The van der Waals surface area contributed by atoms with Crippen LogP contribution in [0.3, 0.4) is 0 Å². The second-order valence-corrected chi connectivity index (χ2v) is 6.47. The van der Waals surface area contributed by atoms with Crippen LogP contribution in [0.15, 0.2) is 23.3 Å². The van der Waals surface area contributed by atoms with Gasteiger partial charge in [-0.2, -0.15) is 23.6 Å². The number of carbonyl (C=O) groups is 2. The zero-order valence-electron chi connectivity index (χ0n) is 12.7. The molecule has 2 saturated heterocycles. The van der Waals surface area contributed by atoms with E-state index in [-0.39, 0.29) is 18.1 Å². The van der Waals surface area contributed by atoms with Crippen molar-refractivity contribution in [1.29, 1.82) is 0 Å². The Hall–Kier alpha value is -2.64. The van der Waals surface area contributed by atoms with Crippen LogP contribution in [0.2, 0.25) is 0 Å². The van der Waals surface area contributed by atoms with Crippen LogP contribution in [0.25, 0.3) is 0 Å². The highest BCUT2D eigenvalue weighted by molar-refractivity contribution is 7.80. The van der Waals surface area contributed by atoms with Gasteiger partial charge in [-0.1, -0.05) is 0 Å². The highest BCUT2D eigenvalue weighted by Gasteiger charge is 2.48. The van der Waals surface area contributed by atoms with Gasteiger partial charge in [0.05, 0.1) is 12.1 Å². The summed E-state index contributed by atoms with van der Waals surface area (Å²) < 4.78 is 34.8. The van der Waals surface area contributed by atoms with E-state index in [0.717, 1.165) is 0 Å². The van der Waals surface area contributed by atoms with E-state index < -0.39 is 34.4 Å². The summed E-state index contributed by atoms with van der Waals surface area (Å²) in [6.45, 7) is 0.134. The third kappa shape index (κ3) is 3.57. The van der Waals surface area contributed by atoms with Crippen molar-refractivity contribution in [3.05, 3.63) is 24.0 Å². The van der Waals surface area contributed by atoms with Crippen LogP contribution in [-0.2, 0) is 14.7 Å². The average Bonchev–Trinajstić information content (AvgIpc) is 2.79. The topological polar surface area (TPSA) is 168 Å². The minimum Gasteiger partial charge on any atom is -0.385 e. The molecule has 1 aromatic heterocycles. The summed E-state index contributed by atoms with van der Waals surface area (Å²) in [6, 6.07) is 0.918. The van der Waals surface area contributed by atoms with Crippen molar-refractivity contribution in [2.45, 2.75) is 24.9 Å². The number of piperidine rings is 1. The Bertz CT molecular complexity index is 828. The lowest BCUT2D eigenvalue weighted by atomic mass is 10.0. The molecule has 2 unspecified atom stereocenters. The first-order chi connectivity index (χ1) is 11.8. The Morgan fingerprint density at radius 2 is 2.20 bits per heavy atom. The van der Waals surface area contributed by atoms with Crippen molar-refractivity contribution in [3.8, 4) is 0 Å². The minimum atomic E-state index is -4.82. The highest BCUT2D eigenvalue weighted by atomic mass is 32.3. The van der Waals surface area contributed by atoms with Crippen molar-refractivity contribution in [3.63, 3.8) is 0 Å². The van der Waals surface area contributed by atoms with Gasteiger partial charge >= 0.3 is 16.4 Å². The largest absolute Gasteiger partial charge is 0.418 e. The van der Waals surface area contributed by atoms with Gasteiger partial charge in [0.25, 0.3) is 5.91 Å². The van der Waals surface area contributed by atoms with Crippen molar-refractivity contribution >= 4 is 28.2 Å². The number of amidine groups is 1. The Balaban J connectivity index is 1.77. The number of aromatic nitrogens is 2. The van der Waals surface area contributed by atoms with E-state index >= 15 is 0 Å². The fourth-order valence-electron chi connectivity index (χ4n) is 2.80. The normalized spacial score (nSPS) is 23.9. The van der Waals surface area contributed by atoms with Gasteiger partial charge in [0.2, 0.25) is 0 Å². The SMILES string of the molecule is NC(=NC(=O)c1cccnn1)C1CCC2CN1C(=O)N2OS(=O)(=O)O. The number of amides is 3. The van der Waals surface area contributed by atoms with Gasteiger partial charge in [-0.3, -0.25) is 9.35 Å². The fraction of sp³-hybridized carbons (Fsp3) is 0.417. The van der Waals surface area contributed by atoms with Gasteiger partial charge in [-0.05, 0) is 25.0 Å². The Kier molecular flexibility index (Phi) is 4.36. The molecule has 0 aliphatic carbocycles. The van der Waals surface area contributed by atoms with Gasteiger partial charge in [-0.25, -0.2) is 4.79 Å². The molecule has 13 heteroatoms. The number of fused-ring (bicyclic) bond motifs is 2. The van der Waals surface area contributed by atoms with Crippen molar-refractivity contribution in [1.82, 2.24) is 20.2 Å². The number of nitrogens with zero attached hydrogens (tertiary/aromatic N) is 5. The maximum Gasteiger partial charge on any atom is 0.418 e. The molecule has 0 radical (unpaired) electrons. The smallest absolute Gasteiger partial charge is 0.385 e. The van der Waals surface area contributed by atoms with Gasteiger partial charge in [0.15, 0.2) is 5.69 Å². The van der Waals surface area contributed by atoms with E-state index in [4.69, 9.17) is 10.3 Å². The molecule has 2 fully saturated rings. The quantitative estimate of drug-likeness (QED) is 0.382. The average molecular weight is 370 g/mol. The molecule has 134 valence electrons. The van der Waals surface area contributed by atoms with Crippen LogP contribution in [-0.4, -0.2) is 69.5 Å². The van der Waals surface area contributed by atoms with Crippen LogP contribution in [0.1, 0.15) is 23.3 Å². The number of aliphatic imine (C=N–C) groups is 1. The lowest BCUT2D eigenvalue weighted by Crippen LogP contribution is -2.48. The monoisotopic (exact) mass is 370 g/mol.